The molecule has 0 saturated carbocycles. The summed E-state index contributed by atoms with van der Waals surface area (Å²) in [6.45, 7) is 5.51. The SMILES string of the molecule is CCNC(=NCCc1ccc(NC(C)=O)cc1)NC1CC(=O)N(c2ccccc2)C1.I. The van der Waals surface area contributed by atoms with Gasteiger partial charge in [0.15, 0.2) is 5.96 Å². The van der Waals surface area contributed by atoms with Gasteiger partial charge in [0.25, 0.3) is 0 Å². The molecule has 3 rings (SSSR count). The van der Waals surface area contributed by atoms with E-state index in [2.05, 4.69) is 20.9 Å². The molecular weight excluding hydrogens is 505 g/mol. The zero-order valence-electron chi connectivity index (χ0n) is 17.9. The number of halogens is 1. The van der Waals surface area contributed by atoms with Crippen LogP contribution in [-0.4, -0.2) is 43.5 Å². The van der Waals surface area contributed by atoms with Gasteiger partial charge in [-0.2, -0.15) is 0 Å². The molecule has 31 heavy (non-hydrogen) atoms. The largest absolute Gasteiger partial charge is 0.357 e. The molecule has 0 aromatic heterocycles. The van der Waals surface area contributed by atoms with Crippen LogP contribution in [0.4, 0.5) is 11.4 Å². The number of anilines is 2. The fraction of sp³-hybridized carbons (Fsp3) is 0.348. The predicted molar refractivity (Wildman–Crippen MR) is 136 cm³/mol. The first-order valence-corrected chi connectivity index (χ1v) is 10.3. The van der Waals surface area contributed by atoms with Crippen LogP contribution in [0.2, 0.25) is 0 Å². The molecule has 166 valence electrons. The molecule has 0 spiro atoms. The number of nitrogens with zero attached hydrogens (tertiary/aromatic N) is 2. The van der Waals surface area contributed by atoms with Crippen molar-refractivity contribution in [2.45, 2.75) is 32.7 Å². The van der Waals surface area contributed by atoms with E-state index in [0.717, 1.165) is 35.9 Å². The number of aliphatic imine (C=N–C) groups is 1. The second-order valence-electron chi connectivity index (χ2n) is 7.27. The Morgan fingerprint density at radius 1 is 1.13 bits per heavy atom. The maximum Gasteiger partial charge on any atom is 0.229 e. The van der Waals surface area contributed by atoms with Crippen molar-refractivity contribution in [3.05, 3.63) is 60.2 Å². The Kier molecular flexibility index (Phi) is 9.77. The molecule has 1 aliphatic rings. The highest BCUT2D eigenvalue weighted by Crippen LogP contribution is 2.21. The lowest BCUT2D eigenvalue weighted by Gasteiger charge is -2.19. The Morgan fingerprint density at radius 2 is 1.84 bits per heavy atom. The van der Waals surface area contributed by atoms with Gasteiger partial charge in [-0.15, -0.1) is 24.0 Å². The molecular formula is C23H30IN5O2. The van der Waals surface area contributed by atoms with Gasteiger partial charge < -0.3 is 20.9 Å². The maximum absolute atomic E-state index is 12.4. The molecule has 7 nitrogen and oxygen atoms in total. The van der Waals surface area contributed by atoms with Gasteiger partial charge in [0.1, 0.15) is 0 Å². The first kappa shape index (κ1) is 24.6. The Morgan fingerprint density at radius 3 is 2.48 bits per heavy atom. The highest BCUT2D eigenvalue weighted by atomic mass is 127. The van der Waals surface area contributed by atoms with E-state index in [4.69, 9.17) is 0 Å². The molecule has 1 heterocycles. The number of rotatable bonds is 7. The molecule has 1 aliphatic heterocycles. The third-order valence-corrected chi connectivity index (χ3v) is 4.82. The lowest BCUT2D eigenvalue weighted by atomic mass is 10.1. The van der Waals surface area contributed by atoms with Gasteiger partial charge >= 0.3 is 0 Å². The average Bonchev–Trinajstić information content (AvgIpc) is 3.10. The zero-order chi connectivity index (χ0) is 21.3. The van der Waals surface area contributed by atoms with Crippen LogP contribution >= 0.6 is 24.0 Å². The van der Waals surface area contributed by atoms with Gasteiger partial charge in [0, 0.05) is 44.4 Å². The van der Waals surface area contributed by atoms with Crippen molar-refractivity contribution < 1.29 is 9.59 Å². The minimum atomic E-state index is -0.0788. The van der Waals surface area contributed by atoms with E-state index in [-0.39, 0.29) is 41.8 Å². The quantitative estimate of drug-likeness (QED) is 0.289. The van der Waals surface area contributed by atoms with Crippen LogP contribution in [-0.2, 0) is 16.0 Å². The topological polar surface area (TPSA) is 85.8 Å². The van der Waals surface area contributed by atoms with Gasteiger partial charge in [0.2, 0.25) is 11.8 Å². The van der Waals surface area contributed by atoms with Crippen LogP contribution < -0.4 is 20.9 Å². The van der Waals surface area contributed by atoms with Crippen molar-refractivity contribution in [3.8, 4) is 0 Å². The number of carbonyl (C=O) groups excluding carboxylic acids is 2. The van der Waals surface area contributed by atoms with Gasteiger partial charge in [-0.25, -0.2) is 0 Å². The summed E-state index contributed by atoms with van der Waals surface area (Å²) in [4.78, 5) is 30.0. The number of carbonyl (C=O) groups is 2. The summed E-state index contributed by atoms with van der Waals surface area (Å²) in [5.74, 6) is 0.763. The monoisotopic (exact) mass is 535 g/mol. The van der Waals surface area contributed by atoms with E-state index in [0.29, 0.717) is 19.5 Å². The van der Waals surface area contributed by atoms with E-state index >= 15 is 0 Å². The molecule has 1 unspecified atom stereocenters. The van der Waals surface area contributed by atoms with Crippen molar-refractivity contribution in [2.75, 3.05) is 29.9 Å². The van der Waals surface area contributed by atoms with Gasteiger partial charge in [-0.3, -0.25) is 14.6 Å². The number of amides is 2. The standard InChI is InChI=1S/C23H29N5O2.HI/c1-3-24-23(25-14-13-18-9-11-19(12-10-18)26-17(2)29)27-20-15-22(30)28(16-20)21-7-5-4-6-8-21;/h4-12,20H,3,13-16H2,1-2H3,(H,26,29)(H2,24,25,27);1H. The van der Waals surface area contributed by atoms with Crippen molar-refractivity contribution >= 4 is 53.1 Å². The molecule has 1 atom stereocenters. The Labute approximate surface area is 200 Å². The number of guanidine groups is 1. The summed E-state index contributed by atoms with van der Waals surface area (Å²) in [5, 5.41) is 9.41. The minimum absolute atomic E-state index is 0. The van der Waals surface area contributed by atoms with Gasteiger partial charge in [0.05, 0.1) is 6.04 Å². The summed E-state index contributed by atoms with van der Waals surface area (Å²) >= 11 is 0. The molecule has 1 saturated heterocycles. The third-order valence-electron chi connectivity index (χ3n) is 4.82. The fourth-order valence-electron chi connectivity index (χ4n) is 3.43. The number of hydrogen-bond donors (Lipinski definition) is 3. The van der Waals surface area contributed by atoms with Crippen molar-refractivity contribution in [1.29, 1.82) is 0 Å². The molecule has 0 aliphatic carbocycles. The van der Waals surface area contributed by atoms with E-state index < -0.39 is 0 Å². The summed E-state index contributed by atoms with van der Waals surface area (Å²) in [5.41, 5.74) is 2.87. The molecule has 2 aromatic carbocycles. The van der Waals surface area contributed by atoms with Crippen LogP contribution in [0, 0.1) is 0 Å². The molecule has 3 N–H and O–H groups in total. The Balaban J connectivity index is 0.00000341. The summed E-state index contributed by atoms with van der Waals surface area (Å²) < 4.78 is 0. The van der Waals surface area contributed by atoms with Crippen molar-refractivity contribution in [2.24, 2.45) is 4.99 Å². The highest BCUT2D eigenvalue weighted by molar-refractivity contribution is 14.0. The Hall–Kier alpha value is -2.62. The molecule has 0 bridgehead atoms. The lowest BCUT2D eigenvalue weighted by molar-refractivity contribution is -0.117. The molecule has 2 aromatic rings. The number of nitrogens with one attached hydrogen (secondary N) is 3. The molecule has 0 radical (unpaired) electrons. The second kappa shape index (κ2) is 12.3. The van der Waals surface area contributed by atoms with Gasteiger partial charge in [-0.1, -0.05) is 30.3 Å². The number of benzene rings is 2. The van der Waals surface area contributed by atoms with Crippen LogP contribution in [0.1, 0.15) is 25.8 Å². The van der Waals surface area contributed by atoms with E-state index in [9.17, 15) is 9.59 Å². The summed E-state index contributed by atoms with van der Waals surface area (Å²) in [6, 6.07) is 17.5. The van der Waals surface area contributed by atoms with Crippen molar-refractivity contribution in [3.63, 3.8) is 0 Å². The summed E-state index contributed by atoms with van der Waals surface area (Å²) in [6.07, 6.45) is 1.24. The number of hydrogen-bond acceptors (Lipinski definition) is 3. The third kappa shape index (κ3) is 7.54. The van der Waals surface area contributed by atoms with Crippen LogP contribution in [0.3, 0.4) is 0 Å². The van der Waals surface area contributed by atoms with Crippen LogP contribution in [0.15, 0.2) is 59.6 Å². The molecule has 2 amide bonds. The smallest absolute Gasteiger partial charge is 0.229 e. The van der Waals surface area contributed by atoms with Crippen LogP contribution in [0.25, 0.3) is 0 Å². The normalized spacial score (nSPS) is 15.9. The first-order chi connectivity index (χ1) is 14.5. The lowest BCUT2D eigenvalue weighted by Crippen LogP contribution is -2.44. The number of para-hydroxylation sites is 1. The van der Waals surface area contributed by atoms with Crippen molar-refractivity contribution in [1.82, 2.24) is 10.6 Å². The first-order valence-electron chi connectivity index (χ1n) is 10.3. The fourth-order valence-corrected chi connectivity index (χ4v) is 3.43. The van der Waals surface area contributed by atoms with E-state index in [1.165, 1.54) is 6.92 Å². The Bertz CT molecular complexity index is 887. The maximum atomic E-state index is 12.4. The predicted octanol–water partition coefficient (Wildman–Crippen LogP) is 3.17. The highest BCUT2D eigenvalue weighted by Gasteiger charge is 2.30. The van der Waals surface area contributed by atoms with Gasteiger partial charge in [-0.05, 0) is 43.2 Å². The zero-order valence-corrected chi connectivity index (χ0v) is 20.3. The molecule has 8 heteroatoms. The van der Waals surface area contributed by atoms with E-state index in [1.807, 2.05) is 66.4 Å². The molecule has 1 fully saturated rings. The van der Waals surface area contributed by atoms with Crippen LogP contribution in [0.5, 0.6) is 0 Å². The van der Waals surface area contributed by atoms with E-state index in [1.54, 1.807) is 0 Å². The minimum Gasteiger partial charge on any atom is -0.357 e. The average molecular weight is 535 g/mol. The summed E-state index contributed by atoms with van der Waals surface area (Å²) in [7, 11) is 0. The second-order valence-corrected chi connectivity index (χ2v) is 7.27.